The predicted molar refractivity (Wildman–Crippen MR) is 89.4 cm³/mol. The molecule has 1 fully saturated rings. The van der Waals surface area contributed by atoms with Crippen molar-refractivity contribution in [2.75, 3.05) is 5.32 Å². The summed E-state index contributed by atoms with van der Waals surface area (Å²) >= 11 is 9.51. The van der Waals surface area contributed by atoms with E-state index in [4.69, 9.17) is 16.9 Å². The lowest BCUT2D eigenvalue weighted by Gasteiger charge is -2.21. The Morgan fingerprint density at radius 1 is 1.19 bits per heavy atom. The second kappa shape index (κ2) is 6.09. The van der Waals surface area contributed by atoms with E-state index in [0.29, 0.717) is 11.5 Å². The number of nitriles is 1. The molecule has 0 radical (unpaired) electrons. The van der Waals surface area contributed by atoms with Crippen LogP contribution in [0.15, 0.2) is 46.9 Å². The Balaban J connectivity index is 1.86. The van der Waals surface area contributed by atoms with Crippen molar-refractivity contribution in [2.24, 2.45) is 5.92 Å². The molecule has 1 saturated carbocycles. The van der Waals surface area contributed by atoms with Crippen LogP contribution in [0.4, 0.5) is 5.69 Å². The van der Waals surface area contributed by atoms with Gasteiger partial charge in [-0.05, 0) is 70.6 Å². The summed E-state index contributed by atoms with van der Waals surface area (Å²) < 4.78 is 0.918. The average Bonchev–Trinajstić information content (AvgIpc) is 3.32. The van der Waals surface area contributed by atoms with Gasteiger partial charge in [-0.3, -0.25) is 0 Å². The maximum atomic E-state index is 8.93. The van der Waals surface area contributed by atoms with Crippen LogP contribution in [0.3, 0.4) is 0 Å². The van der Waals surface area contributed by atoms with Gasteiger partial charge in [-0.25, -0.2) is 0 Å². The molecule has 1 aliphatic rings. The third-order valence-corrected chi connectivity index (χ3v) is 4.64. The van der Waals surface area contributed by atoms with E-state index in [-0.39, 0.29) is 6.04 Å². The first-order chi connectivity index (χ1) is 10.2. The van der Waals surface area contributed by atoms with Crippen LogP contribution in [0, 0.1) is 17.2 Å². The summed E-state index contributed by atoms with van der Waals surface area (Å²) in [5.41, 5.74) is 2.92. The standard InChI is InChI=1S/C17H14BrClN2/c18-15-9-11(10-20)1-8-16(15)21-17(12-2-3-12)13-4-6-14(19)7-5-13/h1,4-9,12,17,21H,2-3H2. The van der Waals surface area contributed by atoms with E-state index in [1.807, 2.05) is 30.3 Å². The van der Waals surface area contributed by atoms with Crippen molar-refractivity contribution in [3.8, 4) is 6.07 Å². The molecule has 4 heteroatoms. The summed E-state index contributed by atoms with van der Waals surface area (Å²) in [4.78, 5) is 0. The van der Waals surface area contributed by atoms with Crippen molar-refractivity contribution < 1.29 is 0 Å². The molecule has 0 heterocycles. The maximum absolute atomic E-state index is 8.93. The number of hydrogen-bond donors (Lipinski definition) is 1. The molecule has 1 N–H and O–H groups in total. The first-order valence-corrected chi connectivity index (χ1v) is 8.06. The number of nitrogens with zero attached hydrogens (tertiary/aromatic N) is 1. The molecule has 0 amide bonds. The summed E-state index contributed by atoms with van der Waals surface area (Å²) in [6, 6.07) is 16.1. The Labute approximate surface area is 137 Å². The molecule has 3 rings (SSSR count). The molecule has 2 aromatic carbocycles. The smallest absolute Gasteiger partial charge is 0.0992 e. The number of nitrogens with one attached hydrogen (secondary N) is 1. The zero-order valence-electron chi connectivity index (χ0n) is 11.3. The minimum Gasteiger partial charge on any atom is -0.377 e. The van der Waals surface area contributed by atoms with Crippen LogP contribution in [0.1, 0.15) is 30.0 Å². The highest BCUT2D eigenvalue weighted by molar-refractivity contribution is 9.10. The fourth-order valence-electron chi connectivity index (χ4n) is 2.44. The van der Waals surface area contributed by atoms with Gasteiger partial charge in [0.05, 0.1) is 17.7 Å². The normalized spacial score (nSPS) is 15.3. The van der Waals surface area contributed by atoms with Gasteiger partial charge < -0.3 is 5.32 Å². The molecule has 1 unspecified atom stereocenters. The van der Waals surface area contributed by atoms with E-state index in [2.05, 4.69) is 39.4 Å². The van der Waals surface area contributed by atoms with E-state index < -0.39 is 0 Å². The minimum absolute atomic E-state index is 0.284. The Morgan fingerprint density at radius 3 is 2.48 bits per heavy atom. The van der Waals surface area contributed by atoms with Gasteiger partial charge in [0, 0.05) is 15.2 Å². The second-order valence-electron chi connectivity index (χ2n) is 5.32. The molecule has 0 bridgehead atoms. The third kappa shape index (κ3) is 3.40. The maximum Gasteiger partial charge on any atom is 0.0992 e. The van der Waals surface area contributed by atoms with Gasteiger partial charge in [0.15, 0.2) is 0 Å². The number of benzene rings is 2. The topological polar surface area (TPSA) is 35.8 Å². The molecular formula is C17H14BrClN2. The molecule has 0 aliphatic heterocycles. The second-order valence-corrected chi connectivity index (χ2v) is 6.61. The zero-order chi connectivity index (χ0) is 14.8. The molecule has 2 aromatic rings. The zero-order valence-corrected chi connectivity index (χ0v) is 13.7. The Kier molecular flexibility index (Phi) is 4.19. The van der Waals surface area contributed by atoms with Crippen molar-refractivity contribution in [1.29, 1.82) is 5.26 Å². The lowest BCUT2D eigenvalue weighted by atomic mass is 10.0. The molecule has 2 nitrogen and oxygen atoms in total. The van der Waals surface area contributed by atoms with E-state index in [0.717, 1.165) is 15.2 Å². The van der Waals surface area contributed by atoms with Crippen LogP contribution < -0.4 is 5.32 Å². The number of hydrogen-bond acceptors (Lipinski definition) is 2. The quantitative estimate of drug-likeness (QED) is 0.776. The Hall–Kier alpha value is -1.50. The minimum atomic E-state index is 0.284. The highest BCUT2D eigenvalue weighted by atomic mass is 79.9. The number of anilines is 1. The van der Waals surface area contributed by atoms with Gasteiger partial charge in [-0.15, -0.1) is 0 Å². The van der Waals surface area contributed by atoms with Crippen LogP contribution in [-0.2, 0) is 0 Å². The molecule has 21 heavy (non-hydrogen) atoms. The average molecular weight is 362 g/mol. The van der Waals surface area contributed by atoms with Crippen molar-refractivity contribution in [1.82, 2.24) is 0 Å². The predicted octanol–water partition coefficient (Wildman–Crippen LogP) is 5.54. The molecule has 1 aliphatic carbocycles. The van der Waals surface area contributed by atoms with E-state index >= 15 is 0 Å². The summed E-state index contributed by atoms with van der Waals surface area (Å²) in [6.45, 7) is 0. The largest absolute Gasteiger partial charge is 0.377 e. The molecule has 106 valence electrons. The van der Waals surface area contributed by atoms with Crippen LogP contribution in [0.25, 0.3) is 0 Å². The van der Waals surface area contributed by atoms with E-state index in [9.17, 15) is 0 Å². The summed E-state index contributed by atoms with van der Waals surface area (Å²) in [5.74, 6) is 0.661. The molecular weight excluding hydrogens is 348 g/mol. The fraction of sp³-hybridized carbons (Fsp3) is 0.235. The Morgan fingerprint density at radius 2 is 1.90 bits per heavy atom. The van der Waals surface area contributed by atoms with Crippen LogP contribution in [-0.4, -0.2) is 0 Å². The molecule has 0 spiro atoms. The van der Waals surface area contributed by atoms with Gasteiger partial charge >= 0.3 is 0 Å². The first kappa shape index (κ1) is 14.4. The van der Waals surface area contributed by atoms with Crippen molar-refractivity contribution >= 4 is 33.2 Å². The van der Waals surface area contributed by atoms with E-state index in [1.165, 1.54) is 18.4 Å². The Bertz CT molecular complexity index is 687. The summed E-state index contributed by atoms with van der Waals surface area (Å²) in [6.07, 6.45) is 2.49. The van der Waals surface area contributed by atoms with Crippen molar-refractivity contribution in [2.45, 2.75) is 18.9 Å². The van der Waals surface area contributed by atoms with Gasteiger partial charge in [0.25, 0.3) is 0 Å². The number of halogens is 2. The lowest BCUT2D eigenvalue weighted by Crippen LogP contribution is -2.13. The van der Waals surface area contributed by atoms with Crippen molar-refractivity contribution in [3.63, 3.8) is 0 Å². The molecule has 0 saturated heterocycles. The van der Waals surface area contributed by atoms with Gasteiger partial charge in [0.1, 0.15) is 0 Å². The van der Waals surface area contributed by atoms with Gasteiger partial charge in [-0.2, -0.15) is 5.26 Å². The number of rotatable bonds is 4. The third-order valence-electron chi connectivity index (χ3n) is 3.73. The highest BCUT2D eigenvalue weighted by Crippen LogP contribution is 2.43. The van der Waals surface area contributed by atoms with Gasteiger partial charge in [-0.1, -0.05) is 23.7 Å². The van der Waals surface area contributed by atoms with Crippen LogP contribution >= 0.6 is 27.5 Å². The van der Waals surface area contributed by atoms with Crippen molar-refractivity contribution in [3.05, 3.63) is 63.1 Å². The molecule has 0 aromatic heterocycles. The highest BCUT2D eigenvalue weighted by Gasteiger charge is 2.32. The van der Waals surface area contributed by atoms with Gasteiger partial charge in [0.2, 0.25) is 0 Å². The van der Waals surface area contributed by atoms with Crippen LogP contribution in [0.5, 0.6) is 0 Å². The monoisotopic (exact) mass is 360 g/mol. The van der Waals surface area contributed by atoms with E-state index in [1.54, 1.807) is 0 Å². The molecule has 1 atom stereocenters. The fourth-order valence-corrected chi connectivity index (χ4v) is 3.06. The lowest BCUT2D eigenvalue weighted by molar-refractivity contribution is 0.678. The SMILES string of the molecule is N#Cc1ccc(NC(c2ccc(Cl)cc2)C2CC2)c(Br)c1. The summed E-state index contributed by atoms with van der Waals surface area (Å²) in [5, 5.41) is 13.3. The summed E-state index contributed by atoms with van der Waals surface area (Å²) in [7, 11) is 0. The first-order valence-electron chi connectivity index (χ1n) is 6.89. The van der Waals surface area contributed by atoms with Crippen LogP contribution in [0.2, 0.25) is 5.02 Å².